The highest BCUT2D eigenvalue weighted by atomic mass is 79.9. The number of carbonyl (C=O) groups excluding carboxylic acids is 1. The van der Waals surface area contributed by atoms with Crippen LogP contribution in [0.5, 0.6) is 0 Å². The van der Waals surface area contributed by atoms with E-state index >= 15 is 0 Å². The minimum Gasteiger partial charge on any atom is -0.369 e. The van der Waals surface area contributed by atoms with Gasteiger partial charge in [-0.05, 0) is 43.2 Å². The Bertz CT molecular complexity index is 643. The molecule has 0 spiro atoms. The van der Waals surface area contributed by atoms with Gasteiger partial charge in [0.05, 0.1) is 5.56 Å². The van der Waals surface area contributed by atoms with Gasteiger partial charge in [0.25, 0.3) is 5.91 Å². The number of nitrogens with one attached hydrogen (secondary N) is 2. The molecule has 2 N–H and O–H groups in total. The lowest BCUT2D eigenvalue weighted by atomic mass is 10.2. The summed E-state index contributed by atoms with van der Waals surface area (Å²) in [5.41, 5.74) is 2.35. The summed E-state index contributed by atoms with van der Waals surface area (Å²) in [6, 6.07) is 9.33. The van der Waals surface area contributed by atoms with Crippen LogP contribution in [0.4, 0.5) is 11.5 Å². The van der Waals surface area contributed by atoms with E-state index in [2.05, 4.69) is 38.5 Å². The molecule has 1 amide bonds. The van der Waals surface area contributed by atoms with Crippen molar-refractivity contribution in [2.75, 3.05) is 17.2 Å². The zero-order valence-corrected chi connectivity index (χ0v) is 13.7. The third-order valence-electron chi connectivity index (χ3n) is 3.04. The molecule has 0 radical (unpaired) electrons. The van der Waals surface area contributed by atoms with Crippen LogP contribution in [0, 0.1) is 6.92 Å². The van der Waals surface area contributed by atoms with Crippen molar-refractivity contribution in [2.24, 2.45) is 0 Å². The van der Waals surface area contributed by atoms with Gasteiger partial charge in [0, 0.05) is 22.9 Å². The highest BCUT2D eigenvalue weighted by molar-refractivity contribution is 9.10. The van der Waals surface area contributed by atoms with Crippen molar-refractivity contribution < 1.29 is 4.79 Å². The van der Waals surface area contributed by atoms with E-state index in [9.17, 15) is 4.79 Å². The molecule has 1 heterocycles. The Kier molecular flexibility index (Phi) is 5.33. The first-order chi connectivity index (χ1) is 10.1. The number of carbonyl (C=O) groups is 1. The molecule has 0 fully saturated rings. The third kappa shape index (κ3) is 4.04. The molecule has 1 aromatic carbocycles. The summed E-state index contributed by atoms with van der Waals surface area (Å²) >= 11 is 3.42. The second kappa shape index (κ2) is 7.22. The first kappa shape index (κ1) is 15.5. The van der Waals surface area contributed by atoms with Crippen molar-refractivity contribution in [1.82, 2.24) is 4.98 Å². The van der Waals surface area contributed by atoms with E-state index in [1.54, 1.807) is 18.3 Å². The van der Waals surface area contributed by atoms with E-state index in [1.165, 1.54) is 0 Å². The number of aryl methyl sites for hydroxylation is 1. The van der Waals surface area contributed by atoms with Gasteiger partial charge in [0.2, 0.25) is 0 Å². The summed E-state index contributed by atoms with van der Waals surface area (Å²) in [4.78, 5) is 16.7. The average molecular weight is 348 g/mol. The summed E-state index contributed by atoms with van der Waals surface area (Å²) in [5, 5.41) is 6.11. The number of nitrogens with zero attached hydrogens (tertiary/aromatic N) is 1. The lowest BCUT2D eigenvalue weighted by molar-refractivity contribution is 0.102. The van der Waals surface area contributed by atoms with Gasteiger partial charge in [-0.25, -0.2) is 4.98 Å². The molecule has 2 rings (SSSR count). The minimum absolute atomic E-state index is 0.164. The number of hydrogen-bond acceptors (Lipinski definition) is 3. The molecular formula is C16H18BrN3O. The molecule has 21 heavy (non-hydrogen) atoms. The summed E-state index contributed by atoms with van der Waals surface area (Å²) in [7, 11) is 0. The summed E-state index contributed by atoms with van der Waals surface area (Å²) in [6.45, 7) is 4.81. The van der Waals surface area contributed by atoms with E-state index in [0.717, 1.165) is 28.7 Å². The molecule has 1 aromatic heterocycles. The monoisotopic (exact) mass is 347 g/mol. The summed E-state index contributed by atoms with van der Waals surface area (Å²) in [5.74, 6) is 0.451. The van der Waals surface area contributed by atoms with Crippen LogP contribution in [0.3, 0.4) is 0 Å². The molecular weight excluding hydrogens is 330 g/mol. The number of halogens is 1. The van der Waals surface area contributed by atoms with E-state index in [0.29, 0.717) is 11.4 Å². The first-order valence-corrected chi connectivity index (χ1v) is 7.67. The fourth-order valence-electron chi connectivity index (χ4n) is 1.89. The van der Waals surface area contributed by atoms with Crippen molar-refractivity contribution in [3.8, 4) is 0 Å². The van der Waals surface area contributed by atoms with E-state index in [4.69, 9.17) is 0 Å². The van der Waals surface area contributed by atoms with E-state index in [-0.39, 0.29) is 5.91 Å². The highest BCUT2D eigenvalue weighted by Crippen LogP contribution is 2.22. The molecule has 0 saturated heterocycles. The maximum Gasteiger partial charge on any atom is 0.259 e. The lowest BCUT2D eigenvalue weighted by Gasteiger charge is -2.12. The van der Waals surface area contributed by atoms with Crippen molar-refractivity contribution in [1.29, 1.82) is 0 Å². The number of benzene rings is 1. The van der Waals surface area contributed by atoms with Crippen molar-refractivity contribution in [3.05, 3.63) is 52.1 Å². The Morgan fingerprint density at radius 1 is 1.33 bits per heavy atom. The van der Waals surface area contributed by atoms with Gasteiger partial charge in [-0.2, -0.15) is 0 Å². The molecule has 4 nitrogen and oxygen atoms in total. The summed E-state index contributed by atoms with van der Waals surface area (Å²) < 4.78 is 0.930. The largest absolute Gasteiger partial charge is 0.369 e. The smallest absolute Gasteiger partial charge is 0.259 e. The Morgan fingerprint density at radius 3 is 2.90 bits per heavy atom. The Labute approximate surface area is 133 Å². The van der Waals surface area contributed by atoms with Crippen molar-refractivity contribution >= 4 is 33.3 Å². The Balaban J connectivity index is 2.22. The van der Waals surface area contributed by atoms with Gasteiger partial charge in [-0.15, -0.1) is 0 Å². The van der Waals surface area contributed by atoms with Gasteiger partial charge < -0.3 is 10.6 Å². The minimum atomic E-state index is -0.164. The fourth-order valence-corrected chi connectivity index (χ4v) is 2.25. The molecule has 0 atom stereocenters. The fraction of sp³-hybridized carbons (Fsp3) is 0.250. The molecule has 0 saturated carbocycles. The van der Waals surface area contributed by atoms with Crippen molar-refractivity contribution in [3.63, 3.8) is 0 Å². The highest BCUT2D eigenvalue weighted by Gasteiger charge is 2.13. The summed E-state index contributed by atoms with van der Waals surface area (Å²) in [6.07, 6.45) is 2.65. The van der Waals surface area contributed by atoms with Crippen LogP contribution in [-0.2, 0) is 0 Å². The topological polar surface area (TPSA) is 54.0 Å². The Hall–Kier alpha value is -1.88. The van der Waals surface area contributed by atoms with E-state index < -0.39 is 0 Å². The molecule has 2 aromatic rings. The molecule has 0 aliphatic heterocycles. The van der Waals surface area contributed by atoms with E-state index in [1.807, 2.05) is 25.1 Å². The molecule has 5 heteroatoms. The molecule has 0 aliphatic rings. The van der Waals surface area contributed by atoms with Crippen LogP contribution in [0.1, 0.15) is 29.3 Å². The predicted octanol–water partition coefficient (Wildman–Crippen LogP) is 4.23. The van der Waals surface area contributed by atoms with Gasteiger partial charge in [0.15, 0.2) is 0 Å². The Morgan fingerprint density at radius 2 is 2.14 bits per heavy atom. The number of rotatable bonds is 5. The molecule has 110 valence electrons. The second-order valence-corrected chi connectivity index (χ2v) is 5.66. The number of anilines is 2. The standard InChI is InChI=1S/C16H18BrN3O/c1-3-8-18-15-13(5-4-9-19-15)16(21)20-14-10-12(17)7-6-11(14)2/h4-7,9-10H,3,8H2,1-2H3,(H,18,19)(H,20,21). The normalized spacial score (nSPS) is 10.2. The zero-order chi connectivity index (χ0) is 15.2. The van der Waals surface area contributed by atoms with Gasteiger partial charge >= 0.3 is 0 Å². The van der Waals surface area contributed by atoms with Gasteiger partial charge in [-0.1, -0.05) is 28.9 Å². The molecule has 0 unspecified atom stereocenters. The number of amides is 1. The van der Waals surface area contributed by atoms with Crippen LogP contribution in [0.25, 0.3) is 0 Å². The van der Waals surface area contributed by atoms with Crippen LogP contribution in [0.2, 0.25) is 0 Å². The van der Waals surface area contributed by atoms with Gasteiger partial charge in [-0.3, -0.25) is 4.79 Å². The van der Waals surface area contributed by atoms with Crippen LogP contribution >= 0.6 is 15.9 Å². The predicted molar refractivity (Wildman–Crippen MR) is 89.8 cm³/mol. The first-order valence-electron chi connectivity index (χ1n) is 6.88. The van der Waals surface area contributed by atoms with Gasteiger partial charge in [0.1, 0.15) is 5.82 Å². The third-order valence-corrected chi connectivity index (χ3v) is 3.54. The van der Waals surface area contributed by atoms with Crippen molar-refractivity contribution in [2.45, 2.75) is 20.3 Å². The number of aromatic nitrogens is 1. The molecule has 0 aliphatic carbocycles. The van der Waals surface area contributed by atoms with Crippen LogP contribution in [-0.4, -0.2) is 17.4 Å². The quantitative estimate of drug-likeness (QED) is 0.850. The zero-order valence-electron chi connectivity index (χ0n) is 12.1. The average Bonchev–Trinajstić information content (AvgIpc) is 2.49. The number of pyridine rings is 1. The van der Waals surface area contributed by atoms with Crippen LogP contribution < -0.4 is 10.6 Å². The second-order valence-electron chi connectivity index (χ2n) is 4.74. The molecule has 0 bridgehead atoms. The maximum absolute atomic E-state index is 12.5. The maximum atomic E-state index is 12.5. The number of hydrogen-bond donors (Lipinski definition) is 2. The SMILES string of the molecule is CCCNc1ncccc1C(=O)Nc1cc(Br)ccc1C. The van der Waals surface area contributed by atoms with Crippen LogP contribution in [0.15, 0.2) is 41.0 Å². The lowest BCUT2D eigenvalue weighted by Crippen LogP contribution is -2.16.